The van der Waals surface area contributed by atoms with Crippen molar-refractivity contribution in [3.05, 3.63) is 53.6 Å². The molecule has 0 atom stereocenters. The molecule has 26 heavy (non-hydrogen) atoms. The molecule has 0 spiro atoms. The van der Waals surface area contributed by atoms with Gasteiger partial charge in [-0.1, -0.05) is 24.3 Å². The highest BCUT2D eigenvalue weighted by atomic mass is 16.5. The number of benzene rings is 2. The van der Waals surface area contributed by atoms with Gasteiger partial charge in [0, 0.05) is 32.4 Å². The molecule has 0 aliphatic carbocycles. The van der Waals surface area contributed by atoms with Crippen molar-refractivity contribution in [2.75, 3.05) is 44.8 Å². The molecule has 2 N–H and O–H groups in total. The van der Waals surface area contributed by atoms with E-state index in [2.05, 4.69) is 42.2 Å². The molecular formula is C21H27N3O2. The van der Waals surface area contributed by atoms with Crippen LogP contribution in [0.15, 0.2) is 42.5 Å². The van der Waals surface area contributed by atoms with E-state index in [-0.39, 0.29) is 12.5 Å². The van der Waals surface area contributed by atoms with Gasteiger partial charge in [-0.15, -0.1) is 0 Å². The van der Waals surface area contributed by atoms with Crippen molar-refractivity contribution in [2.24, 2.45) is 5.73 Å². The summed E-state index contributed by atoms with van der Waals surface area (Å²) in [5, 5.41) is 0. The van der Waals surface area contributed by atoms with E-state index in [1.54, 1.807) is 11.9 Å². The molecule has 5 heteroatoms. The van der Waals surface area contributed by atoms with Crippen molar-refractivity contribution in [3.8, 4) is 11.1 Å². The first-order valence-corrected chi connectivity index (χ1v) is 9.05. The Balaban J connectivity index is 1.79. The van der Waals surface area contributed by atoms with Gasteiger partial charge in [-0.05, 0) is 47.4 Å². The number of nitrogens with zero attached hydrogens (tertiary/aromatic N) is 2. The van der Waals surface area contributed by atoms with Crippen molar-refractivity contribution in [2.45, 2.75) is 13.5 Å². The highest BCUT2D eigenvalue weighted by Crippen LogP contribution is 2.28. The molecule has 0 bridgehead atoms. The maximum atomic E-state index is 11.7. The molecule has 1 saturated heterocycles. The van der Waals surface area contributed by atoms with Crippen LogP contribution in [0, 0.1) is 6.92 Å². The van der Waals surface area contributed by atoms with Crippen LogP contribution in [0.2, 0.25) is 0 Å². The quantitative estimate of drug-likeness (QED) is 0.897. The normalized spacial score (nSPS) is 14.3. The van der Waals surface area contributed by atoms with Crippen LogP contribution in [0.1, 0.15) is 11.1 Å². The maximum Gasteiger partial charge on any atom is 0.236 e. The van der Waals surface area contributed by atoms with E-state index < -0.39 is 0 Å². The minimum absolute atomic E-state index is 0.0401. The van der Waals surface area contributed by atoms with Crippen LogP contribution in [0.25, 0.3) is 11.1 Å². The molecule has 0 unspecified atom stereocenters. The minimum Gasteiger partial charge on any atom is -0.378 e. The summed E-state index contributed by atoms with van der Waals surface area (Å²) in [4.78, 5) is 15.7. The van der Waals surface area contributed by atoms with Gasteiger partial charge in [0.2, 0.25) is 5.91 Å². The van der Waals surface area contributed by atoms with Crippen LogP contribution < -0.4 is 10.6 Å². The summed E-state index contributed by atoms with van der Waals surface area (Å²) in [6.07, 6.45) is 0. The van der Waals surface area contributed by atoms with Crippen molar-refractivity contribution in [3.63, 3.8) is 0 Å². The SMILES string of the molecule is Cc1cc(-c2cccc(CN(C)C(=O)CN)c2)ccc1N1CCOCC1. The summed E-state index contributed by atoms with van der Waals surface area (Å²) < 4.78 is 5.45. The Morgan fingerprint density at radius 2 is 1.88 bits per heavy atom. The van der Waals surface area contributed by atoms with Gasteiger partial charge >= 0.3 is 0 Å². The Morgan fingerprint density at radius 1 is 1.15 bits per heavy atom. The first-order chi connectivity index (χ1) is 12.6. The lowest BCUT2D eigenvalue weighted by molar-refractivity contribution is -0.128. The standard InChI is InChI=1S/C21H27N3O2/c1-16-12-19(6-7-20(16)24-8-10-26-11-9-24)18-5-3-4-17(13-18)15-23(2)21(25)14-22/h3-7,12-13H,8-11,14-15,22H2,1-2H3. The molecule has 0 saturated carbocycles. The molecule has 1 amide bonds. The first-order valence-electron chi connectivity index (χ1n) is 9.05. The molecule has 1 aliphatic heterocycles. The van der Waals surface area contributed by atoms with Gasteiger partial charge in [0.15, 0.2) is 0 Å². The third-order valence-electron chi connectivity index (χ3n) is 4.83. The van der Waals surface area contributed by atoms with Gasteiger partial charge in [-0.2, -0.15) is 0 Å². The molecule has 3 rings (SSSR count). The van der Waals surface area contributed by atoms with E-state index >= 15 is 0 Å². The number of morpholine rings is 1. The first kappa shape index (κ1) is 18.4. The van der Waals surface area contributed by atoms with Crippen LogP contribution >= 0.6 is 0 Å². The Bertz CT molecular complexity index is 770. The third-order valence-corrected chi connectivity index (χ3v) is 4.83. The zero-order chi connectivity index (χ0) is 18.5. The largest absolute Gasteiger partial charge is 0.378 e. The van der Waals surface area contributed by atoms with Crippen molar-refractivity contribution >= 4 is 11.6 Å². The number of rotatable bonds is 5. The van der Waals surface area contributed by atoms with E-state index in [0.29, 0.717) is 6.54 Å². The predicted octanol–water partition coefficient (Wildman–Crippen LogP) is 2.42. The van der Waals surface area contributed by atoms with E-state index in [1.165, 1.54) is 16.8 Å². The van der Waals surface area contributed by atoms with Gasteiger partial charge in [0.05, 0.1) is 19.8 Å². The molecule has 1 aliphatic rings. The molecule has 1 heterocycles. The number of amides is 1. The number of carbonyl (C=O) groups excluding carboxylic acids is 1. The van der Waals surface area contributed by atoms with Crippen LogP contribution in [0.3, 0.4) is 0 Å². The van der Waals surface area contributed by atoms with Crippen molar-refractivity contribution < 1.29 is 9.53 Å². The number of aryl methyl sites for hydroxylation is 1. The second-order valence-corrected chi connectivity index (χ2v) is 6.75. The number of nitrogens with two attached hydrogens (primary N) is 1. The zero-order valence-corrected chi connectivity index (χ0v) is 15.6. The highest BCUT2D eigenvalue weighted by Gasteiger charge is 2.14. The highest BCUT2D eigenvalue weighted by molar-refractivity contribution is 5.77. The molecule has 138 valence electrons. The zero-order valence-electron chi connectivity index (χ0n) is 15.6. The Morgan fingerprint density at radius 3 is 2.58 bits per heavy atom. The van der Waals surface area contributed by atoms with Crippen LogP contribution in [-0.4, -0.2) is 50.7 Å². The fraction of sp³-hybridized carbons (Fsp3) is 0.381. The summed E-state index contributed by atoms with van der Waals surface area (Å²) in [6, 6.07) is 14.9. The third kappa shape index (κ3) is 4.23. The average Bonchev–Trinajstić information content (AvgIpc) is 2.68. The lowest BCUT2D eigenvalue weighted by Gasteiger charge is -2.30. The van der Waals surface area contributed by atoms with E-state index in [4.69, 9.17) is 10.5 Å². The minimum atomic E-state index is -0.0545. The topological polar surface area (TPSA) is 58.8 Å². The summed E-state index contributed by atoms with van der Waals surface area (Å²) in [5.41, 5.74) is 11.4. The number of hydrogen-bond donors (Lipinski definition) is 1. The number of ether oxygens (including phenoxy) is 1. The molecule has 2 aromatic carbocycles. The smallest absolute Gasteiger partial charge is 0.236 e. The molecule has 0 aromatic heterocycles. The monoisotopic (exact) mass is 353 g/mol. The average molecular weight is 353 g/mol. The summed E-state index contributed by atoms with van der Waals surface area (Å²) in [6.45, 7) is 6.23. The second-order valence-electron chi connectivity index (χ2n) is 6.75. The number of hydrogen-bond acceptors (Lipinski definition) is 4. The molecule has 0 radical (unpaired) electrons. The van der Waals surface area contributed by atoms with Crippen LogP contribution in [0.4, 0.5) is 5.69 Å². The predicted molar refractivity (Wildman–Crippen MR) is 105 cm³/mol. The van der Waals surface area contributed by atoms with Gasteiger partial charge in [0.1, 0.15) is 0 Å². The fourth-order valence-corrected chi connectivity index (χ4v) is 3.36. The van der Waals surface area contributed by atoms with E-state index in [0.717, 1.165) is 37.4 Å². The van der Waals surface area contributed by atoms with E-state index in [1.807, 2.05) is 12.1 Å². The maximum absolute atomic E-state index is 11.7. The van der Waals surface area contributed by atoms with E-state index in [9.17, 15) is 4.79 Å². The van der Waals surface area contributed by atoms with Crippen LogP contribution in [-0.2, 0) is 16.1 Å². The summed E-state index contributed by atoms with van der Waals surface area (Å²) in [5.74, 6) is -0.0545. The Labute approximate surface area is 155 Å². The fourth-order valence-electron chi connectivity index (χ4n) is 3.36. The summed E-state index contributed by atoms with van der Waals surface area (Å²) >= 11 is 0. The second kappa shape index (κ2) is 8.34. The lowest BCUT2D eigenvalue weighted by Crippen LogP contribution is -2.36. The molecule has 2 aromatic rings. The van der Waals surface area contributed by atoms with Gasteiger partial charge in [0.25, 0.3) is 0 Å². The van der Waals surface area contributed by atoms with Gasteiger partial charge in [-0.3, -0.25) is 4.79 Å². The lowest BCUT2D eigenvalue weighted by atomic mass is 10.00. The number of likely N-dealkylation sites (N-methyl/N-ethyl adjacent to an activating group) is 1. The van der Waals surface area contributed by atoms with Crippen molar-refractivity contribution in [1.82, 2.24) is 4.90 Å². The molecule has 5 nitrogen and oxygen atoms in total. The molecule has 1 fully saturated rings. The van der Waals surface area contributed by atoms with Gasteiger partial charge < -0.3 is 20.3 Å². The summed E-state index contributed by atoms with van der Waals surface area (Å²) in [7, 11) is 1.78. The molecular weight excluding hydrogens is 326 g/mol. The van der Waals surface area contributed by atoms with Crippen molar-refractivity contribution in [1.29, 1.82) is 0 Å². The Kier molecular flexibility index (Phi) is 5.91. The number of carbonyl (C=O) groups is 1. The number of anilines is 1. The Hall–Kier alpha value is -2.37. The van der Waals surface area contributed by atoms with Gasteiger partial charge in [-0.25, -0.2) is 0 Å². The van der Waals surface area contributed by atoms with Crippen LogP contribution in [0.5, 0.6) is 0 Å².